The van der Waals surface area contributed by atoms with Crippen molar-refractivity contribution < 1.29 is 14.3 Å². The summed E-state index contributed by atoms with van der Waals surface area (Å²) in [5.41, 5.74) is 5.04. The molecule has 0 fully saturated rings. The molecule has 1 atom stereocenters. The van der Waals surface area contributed by atoms with Gasteiger partial charge in [0.1, 0.15) is 11.9 Å². The zero-order chi connectivity index (χ0) is 18.7. The third-order valence-electron chi connectivity index (χ3n) is 4.19. The van der Waals surface area contributed by atoms with Crippen LogP contribution in [0.4, 0.5) is 5.69 Å². The summed E-state index contributed by atoms with van der Waals surface area (Å²) >= 11 is 0. The second kappa shape index (κ2) is 7.47. The van der Waals surface area contributed by atoms with Crippen molar-refractivity contribution in [2.24, 2.45) is 5.92 Å². The second-order valence-corrected chi connectivity index (χ2v) is 6.69. The number of ether oxygens (including phenoxy) is 1. The molecule has 2 aromatic rings. The molecule has 1 heterocycles. The Balaban J connectivity index is 1.70. The Morgan fingerprint density at radius 3 is 2.73 bits per heavy atom. The highest BCUT2D eigenvalue weighted by Crippen LogP contribution is 2.26. The van der Waals surface area contributed by atoms with Gasteiger partial charge in [-0.15, -0.1) is 0 Å². The van der Waals surface area contributed by atoms with Gasteiger partial charge in [0.2, 0.25) is 0 Å². The van der Waals surface area contributed by atoms with Crippen LogP contribution < -0.4 is 15.5 Å². The lowest BCUT2D eigenvalue weighted by Crippen LogP contribution is -2.59. The molecule has 1 aliphatic rings. The molecule has 0 aromatic heterocycles. The SMILES string of the molecule is Cc1cccc(OCC(=O)NN2C(=O)c3ccccc3NC2C(C)C)c1. The Bertz CT molecular complexity index is 819. The van der Waals surface area contributed by atoms with Crippen LogP contribution in [0.3, 0.4) is 0 Å². The van der Waals surface area contributed by atoms with Crippen LogP contribution in [0, 0.1) is 12.8 Å². The lowest BCUT2D eigenvalue weighted by Gasteiger charge is -2.39. The normalized spacial score (nSPS) is 16.1. The maximum atomic E-state index is 12.8. The number of carbonyl (C=O) groups is 2. The van der Waals surface area contributed by atoms with Gasteiger partial charge < -0.3 is 10.1 Å². The average Bonchev–Trinajstić information content (AvgIpc) is 2.62. The number of hydrazine groups is 1. The van der Waals surface area contributed by atoms with Crippen molar-refractivity contribution in [2.75, 3.05) is 11.9 Å². The number of para-hydroxylation sites is 1. The molecule has 1 unspecified atom stereocenters. The van der Waals surface area contributed by atoms with Gasteiger partial charge in [-0.05, 0) is 42.7 Å². The number of hydrogen-bond acceptors (Lipinski definition) is 4. The van der Waals surface area contributed by atoms with Crippen LogP contribution in [0.5, 0.6) is 5.75 Å². The fraction of sp³-hybridized carbons (Fsp3) is 0.300. The van der Waals surface area contributed by atoms with Crippen molar-refractivity contribution in [1.29, 1.82) is 0 Å². The Kier molecular flexibility index (Phi) is 5.11. The molecule has 2 aromatic carbocycles. The molecule has 0 bridgehead atoms. The van der Waals surface area contributed by atoms with Crippen LogP contribution in [0.2, 0.25) is 0 Å². The maximum absolute atomic E-state index is 12.8. The van der Waals surface area contributed by atoms with Crippen LogP contribution in [-0.2, 0) is 4.79 Å². The lowest BCUT2D eigenvalue weighted by molar-refractivity contribution is -0.128. The lowest BCUT2D eigenvalue weighted by atomic mass is 10.0. The number of nitrogens with zero attached hydrogens (tertiary/aromatic N) is 1. The van der Waals surface area contributed by atoms with Crippen molar-refractivity contribution in [1.82, 2.24) is 10.4 Å². The number of hydrogen-bond donors (Lipinski definition) is 2. The Morgan fingerprint density at radius 2 is 2.00 bits per heavy atom. The smallest absolute Gasteiger partial charge is 0.276 e. The highest BCUT2D eigenvalue weighted by molar-refractivity contribution is 6.02. The summed E-state index contributed by atoms with van der Waals surface area (Å²) in [5.74, 6) is 0.105. The standard InChI is InChI=1S/C20H23N3O3/c1-13(2)19-21-17-10-5-4-9-16(17)20(25)23(19)22-18(24)12-26-15-8-6-7-14(3)11-15/h4-11,13,19,21H,12H2,1-3H3,(H,22,24). The summed E-state index contributed by atoms with van der Waals surface area (Å²) in [5, 5.41) is 4.67. The fourth-order valence-electron chi connectivity index (χ4n) is 2.88. The molecule has 0 spiro atoms. The van der Waals surface area contributed by atoms with E-state index in [1.54, 1.807) is 18.2 Å². The third-order valence-corrected chi connectivity index (χ3v) is 4.19. The predicted octanol–water partition coefficient (Wildman–Crippen LogP) is 2.96. The van der Waals surface area contributed by atoms with E-state index in [-0.39, 0.29) is 30.5 Å². The number of nitrogens with one attached hydrogen (secondary N) is 2. The summed E-state index contributed by atoms with van der Waals surface area (Å²) in [4.78, 5) is 25.2. The van der Waals surface area contributed by atoms with Gasteiger partial charge in [0.15, 0.2) is 6.61 Å². The van der Waals surface area contributed by atoms with Gasteiger partial charge in [-0.3, -0.25) is 15.0 Å². The molecule has 26 heavy (non-hydrogen) atoms. The van der Waals surface area contributed by atoms with Gasteiger partial charge >= 0.3 is 0 Å². The molecule has 3 rings (SSSR count). The molecular weight excluding hydrogens is 330 g/mol. The van der Waals surface area contributed by atoms with Crippen molar-refractivity contribution in [3.63, 3.8) is 0 Å². The number of amides is 2. The first-order chi connectivity index (χ1) is 12.5. The number of fused-ring (bicyclic) bond motifs is 1. The minimum absolute atomic E-state index is 0.102. The monoisotopic (exact) mass is 353 g/mol. The fourth-order valence-corrected chi connectivity index (χ4v) is 2.88. The number of aryl methyl sites for hydroxylation is 1. The minimum Gasteiger partial charge on any atom is -0.484 e. The Morgan fingerprint density at radius 1 is 1.23 bits per heavy atom. The van der Waals surface area contributed by atoms with Gasteiger partial charge in [0, 0.05) is 5.69 Å². The van der Waals surface area contributed by atoms with Crippen molar-refractivity contribution >= 4 is 17.5 Å². The highest BCUT2D eigenvalue weighted by Gasteiger charge is 2.34. The molecule has 0 saturated heterocycles. The second-order valence-electron chi connectivity index (χ2n) is 6.69. The third kappa shape index (κ3) is 3.79. The number of carbonyl (C=O) groups excluding carboxylic acids is 2. The largest absolute Gasteiger partial charge is 0.484 e. The Labute approximate surface area is 153 Å². The summed E-state index contributed by atoms with van der Waals surface area (Å²) < 4.78 is 5.52. The summed E-state index contributed by atoms with van der Waals surface area (Å²) in [6.45, 7) is 5.76. The van der Waals surface area contributed by atoms with E-state index >= 15 is 0 Å². The minimum atomic E-state index is -0.383. The molecular formula is C20H23N3O3. The van der Waals surface area contributed by atoms with E-state index in [0.717, 1.165) is 11.3 Å². The molecule has 0 aliphatic carbocycles. The summed E-state index contributed by atoms with van der Waals surface area (Å²) in [6, 6.07) is 14.7. The van der Waals surface area contributed by atoms with Gasteiger partial charge in [-0.1, -0.05) is 38.1 Å². The van der Waals surface area contributed by atoms with E-state index in [2.05, 4.69) is 10.7 Å². The molecule has 0 saturated carbocycles. The molecule has 136 valence electrons. The quantitative estimate of drug-likeness (QED) is 0.867. The number of anilines is 1. The average molecular weight is 353 g/mol. The Hall–Kier alpha value is -3.02. The van der Waals surface area contributed by atoms with E-state index < -0.39 is 0 Å². The van der Waals surface area contributed by atoms with E-state index in [1.165, 1.54) is 5.01 Å². The van der Waals surface area contributed by atoms with Crippen molar-refractivity contribution in [2.45, 2.75) is 26.9 Å². The predicted molar refractivity (Wildman–Crippen MR) is 99.7 cm³/mol. The molecule has 2 N–H and O–H groups in total. The van der Waals surface area contributed by atoms with Gasteiger partial charge in [-0.2, -0.15) is 0 Å². The van der Waals surface area contributed by atoms with E-state index in [1.807, 2.05) is 51.1 Å². The topological polar surface area (TPSA) is 70.7 Å². The van der Waals surface area contributed by atoms with Gasteiger partial charge in [-0.25, -0.2) is 5.01 Å². The van der Waals surface area contributed by atoms with Crippen molar-refractivity contribution in [3.05, 3.63) is 59.7 Å². The van der Waals surface area contributed by atoms with Crippen LogP contribution in [0.1, 0.15) is 29.8 Å². The van der Waals surface area contributed by atoms with Crippen LogP contribution >= 0.6 is 0 Å². The van der Waals surface area contributed by atoms with E-state index in [9.17, 15) is 9.59 Å². The molecule has 0 radical (unpaired) electrons. The molecule has 6 heteroatoms. The zero-order valence-corrected chi connectivity index (χ0v) is 15.2. The zero-order valence-electron chi connectivity index (χ0n) is 15.2. The van der Waals surface area contributed by atoms with E-state index in [0.29, 0.717) is 11.3 Å². The molecule has 6 nitrogen and oxygen atoms in total. The van der Waals surface area contributed by atoms with Crippen LogP contribution in [-0.4, -0.2) is 29.6 Å². The van der Waals surface area contributed by atoms with Crippen molar-refractivity contribution in [3.8, 4) is 5.75 Å². The summed E-state index contributed by atoms with van der Waals surface area (Å²) in [7, 11) is 0. The maximum Gasteiger partial charge on any atom is 0.276 e. The molecule has 2 amide bonds. The van der Waals surface area contributed by atoms with Gasteiger partial charge in [0.25, 0.3) is 11.8 Å². The van der Waals surface area contributed by atoms with Gasteiger partial charge in [0.05, 0.1) is 5.56 Å². The molecule has 1 aliphatic heterocycles. The number of benzene rings is 2. The first-order valence-corrected chi connectivity index (χ1v) is 8.64. The first kappa shape index (κ1) is 17.8. The number of rotatable bonds is 5. The van der Waals surface area contributed by atoms with Crippen LogP contribution in [0.25, 0.3) is 0 Å². The first-order valence-electron chi connectivity index (χ1n) is 8.64. The summed E-state index contributed by atoms with van der Waals surface area (Å²) in [6.07, 6.45) is -0.333. The van der Waals surface area contributed by atoms with Crippen LogP contribution in [0.15, 0.2) is 48.5 Å². The van der Waals surface area contributed by atoms with E-state index in [4.69, 9.17) is 4.74 Å². The highest BCUT2D eigenvalue weighted by atomic mass is 16.5.